The van der Waals surface area contributed by atoms with Gasteiger partial charge in [-0.25, -0.2) is 4.98 Å². The van der Waals surface area contributed by atoms with Crippen LogP contribution in [0.3, 0.4) is 0 Å². The second kappa shape index (κ2) is 7.85. The zero-order valence-corrected chi connectivity index (χ0v) is 12.5. The molecule has 0 amide bonds. The van der Waals surface area contributed by atoms with Crippen molar-refractivity contribution in [3.8, 4) is 0 Å². The normalized spacial score (nSPS) is 10.3. The minimum Gasteiger partial charge on any atom is -0.393 e. The average Bonchev–Trinajstić information content (AvgIpc) is 2.38. The van der Waals surface area contributed by atoms with Crippen molar-refractivity contribution in [2.45, 2.75) is 6.42 Å². The molecular formula is C12H21N5OS. The van der Waals surface area contributed by atoms with Crippen molar-refractivity contribution in [3.63, 3.8) is 0 Å². The van der Waals surface area contributed by atoms with Crippen LogP contribution in [0.25, 0.3) is 0 Å². The average molecular weight is 283 g/mol. The van der Waals surface area contributed by atoms with Crippen molar-refractivity contribution in [1.82, 2.24) is 9.97 Å². The van der Waals surface area contributed by atoms with Crippen molar-refractivity contribution in [3.05, 3.63) is 12.3 Å². The Morgan fingerprint density at radius 2 is 2.16 bits per heavy atom. The quantitative estimate of drug-likeness (QED) is 0.703. The highest BCUT2D eigenvalue weighted by Crippen LogP contribution is 2.13. The second-order valence-corrected chi connectivity index (χ2v) is 4.83. The van der Waals surface area contributed by atoms with Crippen LogP contribution in [0.15, 0.2) is 12.3 Å². The first-order valence-corrected chi connectivity index (χ1v) is 6.48. The summed E-state index contributed by atoms with van der Waals surface area (Å²) in [6, 6.07) is 1.88. The monoisotopic (exact) mass is 283 g/mol. The molecule has 0 atom stereocenters. The summed E-state index contributed by atoms with van der Waals surface area (Å²) in [7, 11) is 5.50. The molecule has 0 radical (unpaired) electrons. The van der Waals surface area contributed by atoms with Gasteiger partial charge in [-0.15, -0.1) is 0 Å². The van der Waals surface area contributed by atoms with Crippen LogP contribution in [0, 0.1) is 0 Å². The Kier molecular flexibility index (Phi) is 6.44. The smallest absolute Gasteiger partial charge is 0.226 e. The molecule has 1 rings (SSSR count). The zero-order valence-electron chi connectivity index (χ0n) is 11.7. The van der Waals surface area contributed by atoms with Crippen LogP contribution in [0.1, 0.15) is 6.42 Å². The van der Waals surface area contributed by atoms with Crippen LogP contribution in [0.2, 0.25) is 0 Å². The van der Waals surface area contributed by atoms with Gasteiger partial charge in [0.2, 0.25) is 5.95 Å². The van der Waals surface area contributed by atoms with Crippen LogP contribution in [0.5, 0.6) is 0 Å². The Morgan fingerprint density at radius 3 is 2.74 bits per heavy atom. The highest BCUT2D eigenvalue weighted by atomic mass is 32.1. The number of rotatable bonds is 8. The van der Waals surface area contributed by atoms with Crippen LogP contribution >= 0.6 is 12.2 Å². The molecule has 0 fully saturated rings. The van der Waals surface area contributed by atoms with Crippen molar-refractivity contribution >= 4 is 29.0 Å². The molecule has 106 valence electrons. The molecule has 1 heterocycles. The maximum atomic E-state index is 5.56. The summed E-state index contributed by atoms with van der Waals surface area (Å²) >= 11 is 4.92. The maximum absolute atomic E-state index is 5.56. The zero-order chi connectivity index (χ0) is 14.3. The van der Waals surface area contributed by atoms with Crippen LogP contribution < -0.4 is 15.5 Å². The van der Waals surface area contributed by atoms with Crippen molar-refractivity contribution in [1.29, 1.82) is 0 Å². The number of nitrogens with zero attached hydrogens (tertiary/aromatic N) is 4. The lowest BCUT2D eigenvalue weighted by atomic mass is 10.3. The number of ether oxygens (including phenoxy) is 1. The third-order valence-corrected chi connectivity index (χ3v) is 2.75. The van der Waals surface area contributed by atoms with E-state index in [4.69, 9.17) is 22.7 Å². The summed E-state index contributed by atoms with van der Waals surface area (Å²) in [4.78, 5) is 13.2. The van der Waals surface area contributed by atoms with E-state index in [9.17, 15) is 0 Å². The van der Waals surface area contributed by atoms with Gasteiger partial charge in [0.1, 0.15) is 5.82 Å². The Hall–Kier alpha value is -1.47. The maximum Gasteiger partial charge on any atom is 0.226 e. The Balaban J connectivity index is 2.82. The fourth-order valence-electron chi connectivity index (χ4n) is 1.52. The van der Waals surface area contributed by atoms with E-state index in [1.54, 1.807) is 13.3 Å². The second-order valence-electron chi connectivity index (χ2n) is 4.31. The molecule has 0 spiro atoms. The van der Waals surface area contributed by atoms with Gasteiger partial charge in [0, 0.05) is 46.9 Å². The fraction of sp³-hybridized carbons (Fsp3) is 0.583. The molecule has 1 aromatic rings. The van der Waals surface area contributed by atoms with Gasteiger partial charge in [0.05, 0.1) is 11.6 Å². The molecule has 0 aromatic carbocycles. The van der Waals surface area contributed by atoms with E-state index in [2.05, 4.69) is 14.9 Å². The SMILES string of the molecule is COCCN(CCC(N)=S)c1ccnc(N(C)C)n1. The number of hydrogen-bond donors (Lipinski definition) is 1. The molecule has 0 aliphatic heterocycles. The van der Waals surface area contributed by atoms with Gasteiger partial charge in [-0.05, 0) is 6.07 Å². The fourth-order valence-corrected chi connectivity index (χ4v) is 1.61. The van der Waals surface area contributed by atoms with E-state index in [0.717, 1.165) is 18.9 Å². The Bertz CT molecular complexity index is 413. The van der Waals surface area contributed by atoms with Crippen LogP contribution in [-0.2, 0) is 4.74 Å². The summed E-state index contributed by atoms with van der Waals surface area (Å²) in [5.41, 5.74) is 5.56. The third-order valence-electron chi connectivity index (χ3n) is 2.55. The molecule has 0 saturated heterocycles. The van der Waals surface area contributed by atoms with E-state index in [-0.39, 0.29) is 0 Å². The number of methoxy groups -OCH3 is 1. The van der Waals surface area contributed by atoms with Gasteiger partial charge < -0.3 is 20.3 Å². The van der Waals surface area contributed by atoms with Crippen LogP contribution in [-0.4, -0.2) is 55.9 Å². The first-order valence-electron chi connectivity index (χ1n) is 6.07. The summed E-state index contributed by atoms with van der Waals surface area (Å²) in [5.74, 6) is 1.53. The molecule has 19 heavy (non-hydrogen) atoms. The summed E-state index contributed by atoms with van der Waals surface area (Å²) in [5, 5.41) is 0. The number of aromatic nitrogens is 2. The molecule has 0 aliphatic rings. The van der Waals surface area contributed by atoms with Gasteiger partial charge >= 0.3 is 0 Å². The standard InChI is InChI=1S/C12H21N5OS/c1-16(2)12-14-6-4-11(15-12)17(8-9-18-3)7-5-10(13)19/h4,6H,5,7-9H2,1-3H3,(H2,13,19). The number of anilines is 2. The molecule has 2 N–H and O–H groups in total. The number of nitrogens with two attached hydrogens (primary N) is 1. The van der Waals surface area contributed by atoms with Gasteiger partial charge in [0.25, 0.3) is 0 Å². The molecule has 1 aromatic heterocycles. The molecule has 7 heteroatoms. The summed E-state index contributed by atoms with van der Waals surface area (Å²) in [6.45, 7) is 2.09. The van der Waals surface area contributed by atoms with Crippen molar-refractivity contribution in [2.24, 2.45) is 5.73 Å². The highest BCUT2D eigenvalue weighted by Gasteiger charge is 2.10. The minimum absolute atomic E-state index is 0.504. The molecular weight excluding hydrogens is 262 g/mol. The Morgan fingerprint density at radius 1 is 1.42 bits per heavy atom. The number of thiocarbonyl (C=S) groups is 1. The van der Waals surface area contributed by atoms with Gasteiger partial charge in [-0.3, -0.25) is 0 Å². The third kappa shape index (κ3) is 5.35. The number of hydrogen-bond acceptors (Lipinski definition) is 6. The predicted octanol–water partition coefficient (Wildman–Crippen LogP) is 0.672. The van der Waals surface area contributed by atoms with E-state index in [1.165, 1.54) is 0 Å². The van der Waals surface area contributed by atoms with E-state index < -0.39 is 0 Å². The lowest BCUT2D eigenvalue weighted by Gasteiger charge is -2.24. The minimum atomic E-state index is 0.504. The van der Waals surface area contributed by atoms with Gasteiger partial charge in [0.15, 0.2) is 0 Å². The van der Waals surface area contributed by atoms with Crippen LogP contribution in [0.4, 0.5) is 11.8 Å². The molecule has 0 bridgehead atoms. The topological polar surface area (TPSA) is 67.5 Å². The summed E-state index contributed by atoms with van der Waals surface area (Å²) in [6.07, 6.45) is 2.40. The van der Waals surface area contributed by atoms with E-state index >= 15 is 0 Å². The largest absolute Gasteiger partial charge is 0.393 e. The van der Waals surface area contributed by atoms with Crippen molar-refractivity contribution < 1.29 is 4.74 Å². The van der Waals surface area contributed by atoms with Gasteiger partial charge in [-0.1, -0.05) is 12.2 Å². The first kappa shape index (κ1) is 15.6. The lowest BCUT2D eigenvalue weighted by molar-refractivity contribution is 0.205. The van der Waals surface area contributed by atoms with E-state index in [1.807, 2.05) is 25.1 Å². The first-order chi connectivity index (χ1) is 9.04. The van der Waals surface area contributed by atoms with Crippen molar-refractivity contribution in [2.75, 3.05) is 50.7 Å². The molecule has 0 saturated carbocycles. The molecule has 6 nitrogen and oxygen atoms in total. The lowest BCUT2D eigenvalue weighted by Crippen LogP contribution is -2.31. The molecule has 0 aliphatic carbocycles. The van der Waals surface area contributed by atoms with Gasteiger partial charge in [-0.2, -0.15) is 4.98 Å². The van der Waals surface area contributed by atoms with E-state index in [0.29, 0.717) is 24.0 Å². The highest BCUT2D eigenvalue weighted by molar-refractivity contribution is 7.80. The molecule has 0 unspecified atom stereocenters. The summed E-state index contributed by atoms with van der Waals surface area (Å²) < 4.78 is 5.12. The Labute approximate surface area is 119 Å². The predicted molar refractivity (Wildman–Crippen MR) is 81.9 cm³/mol.